The molecule has 0 amide bonds. The van der Waals surface area contributed by atoms with Gasteiger partial charge in [0.25, 0.3) is 0 Å². The second-order valence-electron chi connectivity index (χ2n) is 10.4. The zero-order chi connectivity index (χ0) is 33.6. The van der Waals surface area contributed by atoms with E-state index in [-0.39, 0.29) is 0 Å². The smallest absolute Gasteiger partial charge is 0.147 e. The van der Waals surface area contributed by atoms with Crippen LogP contribution in [0.25, 0.3) is 11.4 Å². The van der Waals surface area contributed by atoms with Crippen molar-refractivity contribution in [2.24, 2.45) is 23.2 Å². The van der Waals surface area contributed by atoms with Crippen LogP contribution in [0.3, 0.4) is 0 Å². The van der Waals surface area contributed by atoms with Gasteiger partial charge in [-0.1, -0.05) is 24.3 Å². The minimum absolute atomic E-state index is 0.545. The largest absolute Gasteiger partial charge is 0.490 e. The Morgan fingerprint density at radius 1 is 0.652 bits per heavy atom. The molecule has 0 atom stereocenters. The minimum atomic E-state index is 0.545. The second-order valence-corrected chi connectivity index (χ2v) is 13.8. The number of benzene rings is 3. The molecule has 0 radical (unpaired) electrons. The Morgan fingerprint density at radius 2 is 0.978 bits per heavy atom. The van der Waals surface area contributed by atoms with Gasteiger partial charge in [0.2, 0.25) is 0 Å². The number of hydrazine groups is 2. The number of nitrogens with one attached hydrogen (secondary N) is 2. The molecule has 0 fully saturated rings. The monoisotopic (exact) mass is 886 g/mol. The summed E-state index contributed by atoms with van der Waals surface area (Å²) < 4.78 is 15.2. The van der Waals surface area contributed by atoms with Crippen LogP contribution in [0.5, 0.6) is 11.5 Å². The summed E-state index contributed by atoms with van der Waals surface area (Å²) in [6.07, 6.45) is 4.89. The summed E-state index contributed by atoms with van der Waals surface area (Å²) in [6.45, 7) is 3.81. The van der Waals surface area contributed by atoms with E-state index in [1.165, 1.54) is 0 Å². The van der Waals surface area contributed by atoms with Gasteiger partial charge in [-0.05, 0) is 137 Å². The number of nitrogens with zero attached hydrogens (tertiary/aromatic N) is 2. The molecular weight excluding hydrogens is 848 g/mol. The van der Waals surface area contributed by atoms with Gasteiger partial charge in [-0.3, -0.25) is 0 Å². The van der Waals surface area contributed by atoms with Crippen molar-refractivity contribution in [1.82, 2.24) is 20.7 Å². The molecule has 10 N–H and O–H groups in total. The van der Waals surface area contributed by atoms with Gasteiger partial charge in [-0.2, -0.15) is 0 Å². The van der Waals surface area contributed by atoms with E-state index in [1.807, 2.05) is 62.6 Å². The number of hydrogen-bond donors (Lipinski definition) is 6. The fourth-order valence-electron chi connectivity index (χ4n) is 4.31. The van der Waals surface area contributed by atoms with Crippen molar-refractivity contribution < 1.29 is 9.47 Å². The highest BCUT2D eigenvalue weighted by Crippen LogP contribution is 2.36. The molecule has 10 nitrogen and oxygen atoms in total. The van der Waals surface area contributed by atoms with Gasteiger partial charge < -0.3 is 41.6 Å². The van der Waals surface area contributed by atoms with Gasteiger partial charge in [-0.25, -0.2) is 11.7 Å². The Balaban J connectivity index is 1.53. The third kappa shape index (κ3) is 12.1. The highest BCUT2D eigenvalue weighted by molar-refractivity contribution is 9.11. The highest BCUT2D eigenvalue weighted by atomic mass is 79.9. The Morgan fingerprint density at radius 3 is 1.28 bits per heavy atom. The Kier molecular flexibility index (Phi) is 16.2. The van der Waals surface area contributed by atoms with Gasteiger partial charge in [0.05, 0.1) is 29.3 Å². The lowest BCUT2D eigenvalue weighted by Crippen LogP contribution is -2.28. The number of rotatable bonds is 18. The predicted octanol–water partition coefficient (Wildman–Crippen LogP) is 5.28. The topological polar surface area (TPSA) is 153 Å². The molecule has 0 heterocycles. The van der Waals surface area contributed by atoms with Crippen LogP contribution < -0.4 is 43.3 Å². The van der Waals surface area contributed by atoms with Crippen molar-refractivity contribution in [3.8, 4) is 11.5 Å². The van der Waals surface area contributed by atoms with Crippen molar-refractivity contribution in [2.75, 3.05) is 53.5 Å². The summed E-state index contributed by atoms with van der Waals surface area (Å²) in [5, 5.41) is 9.31. The summed E-state index contributed by atoms with van der Waals surface area (Å²) >= 11 is 14.4. The van der Waals surface area contributed by atoms with Crippen LogP contribution >= 0.6 is 63.7 Å². The Bertz CT molecular complexity index is 1330. The zero-order valence-electron chi connectivity index (χ0n) is 26.0. The van der Waals surface area contributed by atoms with Crippen LogP contribution in [0.2, 0.25) is 0 Å². The van der Waals surface area contributed by atoms with Crippen LogP contribution in [-0.2, 0) is 12.8 Å². The summed E-state index contributed by atoms with van der Waals surface area (Å²) in [6, 6.07) is 15.8. The normalized spacial score (nSPS) is 11.9. The molecule has 3 aromatic rings. The molecule has 14 heteroatoms. The average molecular weight is 890 g/mol. The lowest BCUT2D eigenvalue weighted by Gasteiger charge is -2.17. The number of halogens is 4. The molecule has 0 spiro atoms. The van der Waals surface area contributed by atoms with E-state index >= 15 is 0 Å². The minimum Gasteiger partial charge on any atom is -0.490 e. The first-order chi connectivity index (χ1) is 22.0. The van der Waals surface area contributed by atoms with Crippen molar-refractivity contribution in [2.45, 2.75) is 12.8 Å². The Hall–Kier alpha value is -2.30. The molecule has 250 valence electrons. The van der Waals surface area contributed by atoms with Crippen LogP contribution in [-0.4, -0.2) is 63.5 Å². The lowest BCUT2D eigenvalue weighted by atomic mass is 10.1. The molecule has 0 aliphatic rings. The van der Waals surface area contributed by atoms with Gasteiger partial charge in [0, 0.05) is 38.6 Å². The lowest BCUT2D eigenvalue weighted by molar-refractivity contribution is 0.314. The second kappa shape index (κ2) is 19.5. The first-order valence-corrected chi connectivity index (χ1v) is 17.8. The van der Waals surface area contributed by atoms with E-state index in [0.29, 0.717) is 37.7 Å². The molecule has 0 saturated heterocycles. The molecular formula is C32H42Br4N8O2. The van der Waals surface area contributed by atoms with E-state index in [2.05, 4.69) is 74.4 Å². The summed E-state index contributed by atoms with van der Waals surface area (Å²) in [7, 11) is 3.78. The zero-order valence-corrected chi connectivity index (χ0v) is 32.3. The number of ether oxygens (including phenoxy) is 2. The summed E-state index contributed by atoms with van der Waals surface area (Å²) in [4.78, 5) is 0. The first kappa shape index (κ1) is 38.2. The summed E-state index contributed by atoms with van der Waals surface area (Å²) in [5.74, 6) is 14.1. The summed E-state index contributed by atoms with van der Waals surface area (Å²) in [5.41, 5.74) is 17.7. The van der Waals surface area contributed by atoms with E-state index in [1.54, 1.807) is 22.4 Å². The van der Waals surface area contributed by atoms with E-state index in [4.69, 9.17) is 32.6 Å². The highest BCUT2D eigenvalue weighted by Gasteiger charge is 2.12. The van der Waals surface area contributed by atoms with Crippen molar-refractivity contribution in [3.05, 3.63) is 101 Å². The third-order valence-corrected chi connectivity index (χ3v) is 9.15. The van der Waals surface area contributed by atoms with E-state index in [0.717, 1.165) is 77.6 Å². The fourth-order valence-corrected chi connectivity index (χ4v) is 7.33. The fraction of sp³-hybridized carbons (Fsp3) is 0.312. The molecule has 3 aromatic carbocycles. The standard InChI is InChI=1S/C32H42Br4N8O2/c1-41-9-13-45-31-25(33)15-21(16-26(31)34)7-11-43(39)19-29(37)23-3-5-24(6-4-23)30(38)20-44(40)12-8-22-17-27(35)32(28(36)18-22)46-14-10-42-2/h3-6,15-20,41-42H,7-14,37-40H2,1-2H3/b29-19-,30-20-. The first-order valence-electron chi connectivity index (χ1n) is 14.6. The quantitative estimate of drug-likeness (QED) is 0.0566. The number of hydrogen-bond acceptors (Lipinski definition) is 10. The van der Waals surface area contributed by atoms with Gasteiger partial charge >= 0.3 is 0 Å². The molecule has 0 bridgehead atoms. The third-order valence-electron chi connectivity index (χ3n) is 6.79. The predicted molar refractivity (Wildman–Crippen MR) is 202 cm³/mol. The van der Waals surface area contributed by atoms with Gasteiger partial charge in [0.15, 0.2) is 0 Å². The molecule has 0 aromatic heterocycles. The number of likely N-dealkylation sites (N-methyl/N-ethyl adjacent to an activating group) is 2. The van der Waals surface area contributed by atoms with Gasteiger partial charge in [-0.15, -0.1) is 0 Å². The molecule has 3 rings (SSSR count). The number of nitrogens with two attached hydrogens (primary N) is 4. The molecule has 0 unspecified atom stereocenters. The average Bonchev–Trinajstić information content (AvgIpc) is 3.01. The van der Waals surface area contributed by atoms with E-state index in [9.17, 15) is 0 Å². The van der Waals surface area contributed by atoms with Crippen LogP contribution in [0.1, 0.15) is 22.3 Å². The molecule has 0 saturated carbocycles. The Labute approximate surface area is 305 Å². The van der Waals surface area contributed by atoms with Gasteiger partial charge in [0.1, 0.15) is 24.7 Å². The van der Waals surface area contributed by atoms with Crippen molar-refractivity contribution in [3.63, 3.8) is 0 Å². The maximum atomic E-state index is 6.36. The van der Waals surface area contributed by atoms with Crippen LogP contribution in [0.15, 0.2) is 78.8 Å². The van der Waals surface area contributed by atoms with Crippen molar-refractivity contribution in [1.29, 1.82) is 0 Å². The van der Waals surface area contributed by atoms with Crippen molar-refractivity contribution >= 4 is 75.1 Å². The maximum Gasteiger partial charge on any atom is 0.147 e. The maximum absolute atomic E-state index is 6.36. The molecule has 46 heavy (non-hydrogen) atoms. The van der Waals surface area contributed by atoms with E-state index < -0.39 is 0 Å². The van der Waals surface area contributed by atoms with Crippen LogP contribution in [0, 0.1) is 0 Å². The molecule has 0 aliphatic heterocycles. The van der Waals surface area contributed by atoms with Crippen LogP contribution in [0.4, 0.5) is 0 Å². The molecule has 0 aliphatic carbocycles. The SMILES string of the molecule is CNCCOc1c(Br)cc(CCN(N)/C=C(\N)c2ccc(/C(N)=C/N(N)CCc3cc(Br)c(OCCNC)c(Br)c3)cc2)cc1Br.